The van der Waals surface area contributed by atoms with E-state index in [0.29, 0.717) is 18.6 Å². The number of ether oxygens (including phenoxy) is 2. The van der Waals surface area contributed by atoms with Gasteiger partial charge in [0.2, 0.25) is 5.91 Å². The van der Waals surface area contributed by atoms with E-state index in [-0.39, 0.29) is 11.8 Å². The van der Waals surface area contributed by atoms with Crippen LogP contribution in [0.1, 0.15) is 38.2 Å². The van der Waals surface area contributed by atoms with Crippen LogP contribution >= 0.6 is 0 Å². The van der Waals surface area contributed by atoms with Crippen molar-refractivity contribution in [1.82, 2.24) is 5.32 Å². The van der Waals surface area contributed by atoms with Crippen molar-refractivity contribution in [2.24, 2.45) is 11.8 Å². The molecule has 0 spiro atoms. The number of carbonyl (C=O) groups is 1. The van der Waals surface area contributed by atoms with Crippen molar-refractivity contribution in [2.75, 3.05) is 13.7 Å². The van der Waals surface area contributed by atoms with Gasteiger partial charge in [-0.1, -0.05) is 31.9 Å². The van der Waals surface area contributed by atoms with Crippen LogP contribution in [0.25, 0.3) is 0 Å². The van der Waals surface area contributed by atoms with Crippen LogP contribution in [0.4, 0.5) is 0 Å². The number of hydrogen-bond acceptors (Lipinski definition) is 3. The van der Waals surface area contributed by atoms with E-state index in [1.54, 1.807) is 7.11 Å². The Morgan fingerprint density at radius 1 is 1.36 bits per heavy atom. The molecule has 1 aromatic rings. The molecule has 2 aliphatic rings. The summed E-state index contributed by atoms with van der Waals surface area (Å²) in [5.74, 6) is 2.29. The average Bonchev–Trinajstić information content (AvgIpc) is 2.53. The fraction of sp³-hybridized carbons (Fsp3) is 0.611. The summed E-state index contributed by atoms with van der Waals surface area (Å²) in [5, 5.41) is 3.23. The summed E-state index contributed by atoms with van der Waals surface area (Å²) in [6.07, 6.45) is 5.43. The molecule has 4 nitrogen and oxygen atoms in total. The number of nitrogens with one attached hydrogen (secondary N) is 1. The van der Waals surface area contributed by atoms with Crippen molar-refractivity contribution in [2.45, 2.75) is 45.1 Å². The van der Waals surface area contributed by atoms with Gasteiger partial charge in [0.1, 0.15) is 6.61 Å². The van der Waals surface area contributed by atoms with E-state index in [0.717, 1.165) is 36.3 Å². The molecule has 0 saturated heterocycles. The Morgan fingerprint density at radius 2 is 2.23 bits per heavy atom. The summed E-state index contributed by atoms with van der Waals surface area (Å²) in [4.78, 5) is 12.5. The number of benzene rings is 1. The van der Waals surface area contributed by atoms with Crippen LogP contribution in [0, 0.1) is 11.8 Å². The molecule has 1 N–H and O–H groups in total. The van der Waals surface area contributed by atoms with Gasteiger partial charge >= 0.3 is 0 Å². The van der Waals surface area contributed by atoms with E-state index in [9.17, 15) is 4.79 Å². The van der Waals surface area contributed by atoms with Crippen LogP contribution < -0.4 is 14.8 Å². The molecule has 1 aliphatic heterocycles. The largest absolute Gasteiger partial charge is 0.493 e. The van der Waals surface area contributed by atoms with E-state index in [1.165, 1.54) is 12.8 Å². The van der Waals surface area contributed by atoms with Crippen LogP contribution in [-0.4, -0.2) is 25.7 Å². The Hall–Kier alpha value is -1.71. The molecule has 1 aromatic carbocycles. The summed E-state index contributed by atoms with van der Waals surface area (Å²) in [6, 6.07) is 6.19. The maximum Gasteiger partial charge on any atom is 0.227 e. The molecule has 1 amide bonds. The Labute approximate surface area is 132 Å². The third-order valence-electron chi connectivity index (χ3n) is 4.83. The Bertz CT molecular complexity index is 543. The smallest absolute Gasteiger partial charge is 0.227 e. The summed E-state index contributed by atoms with van der Waals surface area (Å²) in [6.45, 7) is 2.70. The number of fused-ring (bicyclic) bond motifs is 1. The molecular weight excluding hydrogens is 278 g/mol. The molecule has 120 valence electrons. The van der Waals surface area contributed by atoms with Gasteiger partial charge in [-0.25, -0.2) is 0 Å². The standard InChI is InChI=1S/C18H25NO3/c1-12-5-3-7-15(9-12)19-18(20)14-10-13-6-4-8-16(21-2)17(13)22-11-14/h4,6,8,12,14-15H,3,5,7,9-11H2,1-2H3,(H,19,20). The van der Waals surface area contributed by atoms with E-state index >= 15 is 0 Å². The summed E-state index contributed by atoms with van der Waals surface area (Å²) in [5.41, 5.74) is 1.06. The maximum absolute atomic E-state index is 12.5. The molecule has 1 saturated carbocycles. The van der Waals surface area contributed by atoms with Gasteiger partial charge in [0.05, 0.1) is 13.0 Å². The van der Waals surface area contributed by atoms with Gasteiger partial charge in [-0.05, 0) is 36.8 Å². The Morgan fingerprint density at radius 3 is 3.00 bits per heavy atom. The second-order valence-electron chi connectivity index (χ2n) is 6.64. The predicted octanol–water partition coefficient (Wildman–Crippen LogP) is 2.94. The summed E-state index contributed by atoms with van der Waals surface area (Å²) >= 11 is 0. The van der Waals surface area contributed by atoms with Crippen molar-refractivity contribution in [3.05, 3.63) is 23.8 Å². The molecule has 1 aliphatic carbocycles. The van der Waals surface area contributed by atoms with E-state index in [2.05, 4.69) is 12.2 Å². The number of para-hydroxylation sites is 1. The molecule has 22 heavy (non-hydrogen) atoms. The zero-order valence-electron chi connectivity index (χ0n) is 13.4. The predicted molar refractivity (Wildman–Crippen MR) is 85.2 cm³/mol. The molecule has 4 heteroatoms. The first-order valence-corrected chi connectivity index (χ1v) is 8.26. The van der Waals surface area contributed by atoms with Gasteiger partial charge in [0.15, 0.2) is 11.5 Å². The van der Waals surface area contributed by atoms with Crippen LogP contribution in [0.2, 0.25) is 0 Å². The Balaban J connectivity index is 1.63. The minimum Gasteiger partial charge on any atom is -0.493 e. The van der Waals surface area contributed by atoms with Gasteiger partial charge in [0, 0.05) is 6.04 Å². The minimum absolute atomic E-state index is 0.100. The average molecular weight is 303 g/mol. The third-order valence-corrected chi connectivity index (χ3v) is 4.83. The number of amides is 1. The quantitative estimate of drug-likeness (QED) is 0.934. The molecule has 3 unspecified atom stereocenters. The number of rotatable bonds is 3. The molecular formula is C18H25NO3. The van der Waals surface area contributed by atoms with E-state index < -0.39 is 0 Å². The van der Waals surface area contributed by atoms with Gasteiger partial charge in [-0.2, -0.15) is 0 Å². The topological polar surface area (TPSA) is 47.6 Å². The monoisotopic (exact) mass is 303 g/mol. The summed E-state index contributed by atoms with van der Waals surface area (Å²) in [7, 11) is 1.64. The highest BCUT2D eigenvalue weighted by molar-refractivity contribution is 5.80. The third kappa shape index (κ3) is 3.21. The zero-order chi connectivity index (χ0) is 15.5. The first-order chi connectivity index (χ1) is 10.7. The fourth-order valence-corrected chi connectivity index (χ4v) is 3.61. The molecule has 0 aromatic heterocycles. The van der Waals surface area contributed by atoms with Crippen molar-refractivity contribution >= 4 is 5.91 Å². The van der Waals surface area contributed by atoms with Gasteiger partial charge in [0.25, 0.3) is 0 Å². The molecule has 3 atom stereocenters. The van der Waals surface area contributed by atoms with Crippen LogP contribution in [-0.2, 0) is 11.2 Å². The highest BCUT2D eigenvalue weighted by Crippen LogP contribution is 2.36. The lowest BCUT2D eigenvalue weighted by atomic mass is 9.86. The maximum atomic E-state index is 12.5. The van der Waals surface area contributed by atoms with E-state index in [4.69, 9.17) is 9.47 Å². The van der Waals surface area contributed by atoms with Crippen molar-refractivity contribution in [1.29, 1.82) is 0 Å². The van der Waals surface area contributed by atoms with E-state index in [1.807, 2.05) is 18.2 Å². The van der Waals surface area contributed by atoms with Crippen LogP contribution in [0.5, 0.6) is 11.5 Å². The number of methoxy groups -OCH3 is 1. The number of hydrogen-bond donors (Lipinski definition) is 1. The van der Waals surface area contributed by atoms with Gasteiger partial charge in [-0.3, -0.25) is 4.79 Å². The molecule has 1 heterocycles. The van der Waals surface area contributed by atoms with Crippen LogP contribution in [0.15, 0.2) is 18.2 Å². The van der Waals surface area contributed by atoms with Crippen molar-refractivity contribution < 1.29 is 14.3 Å². The highest BCUT2D eigenvalue weighted by atomic mass is 16.5. The summed E-state index contributed by atoms with van der Waals surface area (Å²) < 4.78 is 11.1. The fourth-order valence-electron chi connectivity index (χ4n) is 3.61. The minimum atomic E-state index is -0.100. The molecule has 0 bridgehead atoms. The van der Waals surface area contributed by atoms with Gasteiger partial charge in [-0.15, -0.1) is 0 Å². The second-order valence-corrected chi connectivity index (χ2v) is 6.64. The van der Waals surface area contributed by atoms with Crippen molar-refractivity contribution in [3.8, 4) is 11.5 Å². The lowest BCUT2D eigenvalue weighted by molar-refractivity contribution is -0.127. The lowest BCUT2D eigenvalue weighted by Gasteiger charge is -2.31. The van der Waals surface area contributed by atoms with Gasteiger partial charge < -0.3 is 14.8 Å². The normalized spacial score (nSPS) is 27.5. The Kier molecular flexibility index (Phi) is 4.55. The highest BCUT2D eigenvalue weighted by Gasteiger charge is 2.30. The molecule has 1 fully saturated rings. The SMILES string of the molecule is COc1cccc2c1OCC(C(=O)NC1CCCC(C)C1)C2. The lowest BCUT2D eigenvalue weighted by Crippen LogP contribution is -2.44. The second kappa shape index (κ2) is 6.59. The number of carbonyl (C=O) groups excluding carboxylic acids is 1. The first kappa shape index (κ1) is 15.2. The first-order valence-electron chi connectivity index (χ1n) is 8.26. The van der Waals surface area contributed by atoms with Crippen LogP contribution in [0.3, 0.4) is 0 Å². The molecule has 3 rings (SSSR count). The zero-order valence-corrected chi connectivity index (χ0v) is 13.4. The molecule has 0 radical (unpaired) electrons. The van der Waals surface area contributed by atoms with Crippen molar-refractivity contribution in [3.63, 3.8) is 0 Å².